The van der Waals surface area contributed by atoms with Crippen LogP contribution in [-0.4, -0.2) is 48.8 Å². The van der Waals surface area contributed by atoms with Crippen LogP contribution in [0.15, 0.2) is 0 Å². The van der Waals surface area contributed by atoms with Gasteiger partial charge in [0.15, 0.2) is 0 Å². The highest BCUT2D eigenvalue weighted by Gasteiger charge is 2.43. The summed E-state index contributed by atoms with van der Waals surface area (Å²) in [5, 5.41) is 2.83. The summed E-state index contributed by atoms with van der Waals surface area (Å²) in [6.45, 7) is 4.39. The Morgan fingerprint density at radius 1 is 1.32 bits per heavy atom. The number of likely N-dealkylation sites (N-methyl/N-ethyl adjacent to an activating group) is 1. The number of nitrogens with one attached hydrogen (secondary N) is 1. The van der Waals surface area contributed by atoms with E-state index in [1.54, 1.807) is 0 Å². The molecule has 0 spiro atoms. The molecular formula is C15H28N4O3. The van der Waals surface area contributed by atoms with Gasteiger partial charge in [-0.1, -0.05) is 13.8 Å². The van der Waals surface area contributed by atoms with Crippen molar-refractivity contribution in [1.29, 1.82) is 0 Å². The number of primary amides is 1. The minimum atomic E-state index is -0.615. The first-order chi connectivity index (χ1) is 10.3. The molecule has 0 saturated heterocycles. The summed E-state index contributed by atoms with van der Waals surface area (Å²) in [5.74, 6) is -0.400. The van der Waals surface area contributed by atoms with Crippen molar-refractivity contribution in [3.63, 3.8) is 0 Å². The number of carbonyl (C=O) groups excluding carboxylic acids is 3. The highest BCUT2D eigenvalue weighted by atomic mass is 16.2. The van der Waals surface area contributed by atoms with Crippen molar-refractivity contribution in [2.45, 2.75) is 39.2 Å². The molecule has 1 unspecified atom stereocenters. The second-order valence-corrected chi connectivity index (χ2v) is 6.53. The quantitative estimate of drug-likeness (QED) is 0.529. The highest BCUT2D eigenvalue weighted by molar-refractivity contribution is 5.91. The molecular weight excluding hydrogens is 284 g/mol. The minimum Gasteiger partial charge on any atom is -0.368 e. The second-order valence-electron chi connectivity index (χ2n) is 6.53. The van der Waals surface area contributed by atoms with Gasteiger partial charge in [-0.05, 0) is 37.6 Å². The van der Waals surface area contributed by atoms with Gasteiger partial charge in [0.2, 0.25) is 17.7 Å². The summed E-state index contributed by atoms with van der Waals surface area (Å²) < 4.78 is 0. The molecule has 1 aliphatic carbocycles. The van der Waals surface area contributed by atoms with Gasteiger partial charge in [0.1, 0.15) is 6.04 Å². The van der Waals surface area contributed by atoms with Crippen molar-refractivity contribution >= 4 is 17.7 Å². The molecule has 0 aliphatic heterocycles. The molecule has 1 rings (SSSR count). The van der Waals surface area contributed by atoms with Crippen LogP contribution in [-0.2, 0) is 14.4 Å². The monoisotopic (exact) mass is 312 g/mol. The third-order valence-electron chi connectivity index (χ3n) is 3.89. The van der Waals surface area contributed by atoms with E-state index in [2.05, 4.69) is 5.32 Å². The van der Waals surface area contributed by atoms with Crippen LogP contribution in [0.1, 0.15) is 33.1 Å². The largest absolute Gasteiger partial charge is 0.368 e. The normalized spacial score (nSPS) is 21.3. The molecule has 22 heavy (non-hydrogen) atoms. The maximum atomic E-state index is 12.4. The number of nitrogens with zero attached hydrogens (tertiary/aromatic N) is 1. The fourth-order valence-corrected chi connectivity index (χ4v) is 2.65. The van der Waals surface area contributed by atoms with Gasteiger partial charge in [-0.3, -0.25) is 14.4 Å². The lowest BCUT2D eigenvalue weighted by atomic mass is 10.0. The van der Waals surface area contributed by atoms with Crippen molar-refractivity contribution in [2.24, 2.45) is 29.2 Å². The number of carbonyl (C=O) groups is 3. The van der Waals surface area contributed by atoms with E-state index in [0.717, 1.165) is 12.8 Å². The van der Waals surface area contributed by atoms with E-state index in [1.165, 1.54) is 11.9 Å². The SMILES string of the molecule is CC(C)C[C@H](NC(=O)[C@H]1CC1CCN)C(=O)N(C)CC(N)=O. The number of hydrogen-bond acceptors (Lipinski definition) is 4. The molecule has 3 atom stereocenters. The molecule has 7 heteroatoms. The lowest BCUT2D eigenvalue weighted by Crippen LogP contribution is -2.50. The average Bonchev–Trinajstić information content (AvgIpc) is 3.15. The number of hydrogen-bond donors (Lipinski definition) is 3. The molecule has 7 nitrogen and oxygen atoms in total. The Bertz CT molecular complexity index is 425. The third-order valence-corrected chi connectivity index (χ3v) is 3.89. The van der Waals surface area contributed by atoms with E-state index in [1.807, 2.05) is 13.8 Å². The van der Waals surface area contributed by atoms with Crippen LogP contribution in [0.2, 0.25) is 0 Å². The molecule has 0 aromatic carbocycles. The standard InChI is InChI=1S/C15H28N4O3/c1-9(2)6-12(15(22)19(3)8-13(17)20)18-14(21)11-7-10(11)4-5-16/h9-12H,4-8,16H2,1-3H3,(H2,17,20)(H,18,21)/t10?,11-,12-/m0/s1. The molecule has 0 aromatic rings. The Kier molecular flexibility index (Phi) is 6.80. The Labute approximate surface area is 131 Å². The molecule has 5 N–H and O–H groups in total. The van der Waals surface area contributed by atoms with E-state index in [9.17, 15) is 14.4 Å². The van der Waals surface area contributed by atoms with E-state index < -0.39 is 11.9 Å². The Hall–Kier alpha value is -1.63. The van der Waals surface area contributed by atoms with Gasteiger partial charge in [-0.2, -0.15) is 0 Å². The van der Waals surface area contributed by atoms with Crippen molar-refractivity contribution in [3.05, 3.63) is 0 Å². The molecule has 0 radical (unpaired) electrons. The predicted octanol–water partition coefficient (Wildman–Crippen LogP) is -0.554. The topological polar surface area (TPSA) is 119 Å². The van der Waals surface area contributed by atoms with Crippen molar-refractivity contribution < 1.29 is 14.4 Å². The smallest absolute Gasteiger partial charge is 0.245 e. The lowest BCUT2D eigenvalue weighted by Gasteiger charge is -2.25. The van der Waals surface area contributed by atoms with Crippen LogP contribution in [0, 0.1) is 17.8 Å². The van der Waals surface area contributed by atoms with Crippen LogP contribution < -0.4 is 16.8 Å². The molecule has 1 aliphatic rings. The fourth-order valence-electron chi connectivity index (χ4n) is 2.65. The predicted molar refractivity (Wildman–Crippen MR) is 83.5 cm³/mol. The zero-order valence-corrected chi connectivity index (χ0v) is 13.7. The molecule has 1 fully saturated rings. The number of nitrogens with two attached hydrogens (primary N) is 2. The molecule has 1 saturated carbocycles. The lowest BCUT2D eigenvalue weighted by molar-refractivity contribution is -0.138. The van der Waals surface area contributed by atoms with Gasteiger partial charge in [-0.15, -0.1) is 0 Å². The molecule has 0 heterocycles. The number of rotatable bonds is 9. The third kappa shape index (κ3) is 5.63. The Balaban J connectivity index is 2.62. The van der Waals surface area contributed by atoms with Crippen molar-refractivity contribution in [2.75, 3.05) is 20.1 Å². The molecule has 126 valence electrons. The van der Waals surface area contributed by atoms with Gasteiger partial charge in [-0.25, -0.2) is 0 Å². The summed E-state index contributed by atoms with van der Waals surface area (Å²) in [5.41, 5.74) is 10.6. The maximum Gasteiger partial charge on any atom is 0.245 e. The maximum absolute atomic E-state index is 12.4. The van der Waals surface area contributed by atoms with Crippen LogP contribution in [0.25, 0.3) is 0 Å². The summed E-state index contributed by atoms with van der Waals surface area (Å²) >= 11 is 0. The van der Waals surface area contributed by atoms with Gasteiger partial charge < -0.3 is 21.7 Å². The fraction of sp³-hybridized carbons (Fsp3) is 0.800. The van der Waals surface area contributed by atoms with Crippen LogP contribution >= 0.6 is 0 Å². The Morgan fingerprint density at radius 2 is 1.95 bits per heavy atom. The Morgan fingerprint density at radius 3 is 2.45 bits per heavy atom. The molecule has 0 bridgehead atoms. The van der Waals surface area contributed by atoms with Crippen LogP contribution in [0.5, 0.6) is 0 Å². The minimum absolute atomic E-state index is 0.0348. The van der Waals surface area contributed by atoms with Gasteiger partial charge >= 0.3 is 0 Å². The second kappa shape index (κ2) is 8.12. The van der Waals surface area contributed by atoms with Crippen LogP contribution in [0.3, 0.4) is 0 Å². The summed E-state index contributed by atoms with van der Waals surface area (Å²) in [6.07, 6.45) is 2.20. The van der Waals surface area contributed by atoms with Gasteiger partial charge in [0.05, 0.1) is 6.54 Å². The summed E-state index contributed by atoms with van der Waals surface area (Å²) in [7, 11) is 1.51. The van der Waals surface area contributed by atoms with E-state index in [-0.39, 0.29) is 30.2 Å². The van der Waals surface area contributed by atoms with Gasteiger partial charge in [0, 0.05) is 13.0 Å². The zero-order valence-electron chi connectivity index (χ0n) is 13.7. The van der Waals surface area contributed by atoms with Crippen LogP contribution in [0.4, 0.5) is 0 Å². The van der Waals surface area contributed by atoms with Crippen molar-refractivity contribution in [3.8, 4) is 0 Å². The van der Waals surface area contributed by atoms with Crippen molar-refractivity contribution in [1.82, 2.24) is 10.2 Å². The first kappa shape index (κ1) is 18.4. The summed E-state index contributed by atoms with van der Waals surface area (Å²) in [6, 6.07) is -0.615. The van der Waals surface area contributed by atoms with Gasteiger partial charge in [0.25, 0.3) is 0 Å². The highest BCUT2D eigenvalue weighted by Crippen LogP contribution is 2.41. The average molecular weight is 312 g/mol. The van der Waals surface area contributed by atoms with E-state index in [4.69, 9.17) is 11.5 Å². The van der Waals surface area contributed by atoms with E-state index in [0.29, 0.717) is 18.9 Å². The van der Waals surface area contributed by atoms with E-state index >= 15 is 0 Å². The molecule has 3 amide bonds. The number of amides is 3. The summed E-state index contributed by atoms with van der Waals surface area (Å²) in [4.78, 5) is 36.8. The molecule has 0 aromatic heterocycles. The first-order valence-corrected chi connectivity index (χ1v) is 7.80. The first-order valence-electron chi connectivity index (χ1n) is 7.80. The zero-order chi connectivity index (χ0) is 16.9.